The molecule has 2 aliphatic heterocycles. The van der Waals surface area contributed by atoms with Gasteiger partial charge in [0.05, 0.1) is 22.9 Å². The highest BCUT2D eigenvalue weighted by atomic mass is 79.9. The minimum atomic E-state index is 0.133. The third-order valence-corrected chi connectivity index (χ3v) is 6.45. The maximum Gasteiger partial charge on any atom is 0.211 e. The van der Waals surface area contributed by atoms with E-state index in [1.807, 2.05) is 19.3 Å². The van der Waals surface area contributed by atoms with Crippen molar-refractivity contribution >= 4 is 27.5 Å². The summed E-state index contributed by atoms with van der Waals surface area (Å²) in [5, 5.41) is 0. The molecule has 2 aliphatic rings. The first-order chi connectivity index (χ1) is 11.0. The number of hydrogen-bond acceptors (Lipinski definition) is 5. The van der Waals surface area contributed by atoms with Crippen LogP contribution in [0, 0.1) is 12.3 Å². The van der Waals surface area contributed by atoms with Crippen LogP contribution in [0.3, 0.4) is 0 Å². The first-order valence-corrected chi connectivity index (χ1v) is 8.92. The number of aromatic nitrogens is 3. The summed E-state index contributed by atoms with van der Waals surface area (Å²) in [6.07, 6.45) is 6.05. The van der Waals surface area contributed by atoms with E-state index in [0.29, 0.717) is 0 Å². The van der Waals surface area contributed by atoms with E-state index < -0.39 is 0 Å². The van der Waals surface area contributed by atoms with Crippen molar-refractivity contribution in [2.75, 3.05) is 24.6 Å². The highest BCUT2D eigenvalue weighted by Crippen LogP contribution is 2.42. The van der Waals surface area contributed by atoms with E-state index in [0.717, 1.165) is 54.3 Å². The lowest BCUT2D eigenvalue weighted by molar-refractivity contribution is 0.0973. The SMILES string of the molecule is Cc1nc(N2CCC3(CC2)CO[C@@H](C)C3N)n2ccnc2c1Br. The topological polar surface area (TPSA) is 68.7 Å². The predicted octanol–water partition coefficient (Wildman–Crippen LogP) is 2.13. The van der Waals surface area contributed by atoms with E-state index in [1.165, 1.54) is 0 Å². The standard InChI is InChI=1S/C16H22BrN5O/c1-10-12(17)14-19-5-8-22(14)15(20-10)21-6-3-16(4-7-21)9-23-11(2)13(16)18/h5,8,11,13H,3-4,6-7,9,18H2,1-2H3/t11-,13?/m0/s1. The number of nitrogens with two attached hydrogens (primary N) is 1. The van der Waals surface area contributed by atoms with Crippen LogP contribution in [0.5, 0.6) is 0 Å². The Balaban J connectivity index is 1.62. The van der Waals surface area contributed by atoms with Crippen molar-refractivity contribution < 1.29 is 4.74 Å². The minimum absolute atomic E-state index is 0.133. The molecule has 4 rings (SSSR count). The van der Waals surface area contributed by atoms with Gasteiger partial charge in [0.25, 0.3) is 0 Å². The number of imidazole rings is 1. The van der Waals surface area contributed by atoms with Gasteiger partial charge in [0.1, 0.15) is 0 Å². The highest BCUT2D eigenvalue weighted by molar-refractivity contribution is 9.10. The smallest absolute Gasteiger partial charge is 0.211 e. The average Bonchev–Trinajstić information content (AvgIpc) is 3.14. The Kier molecular flexibility index (Phi) is 3.62. The molecule has 0 bridgehead atoms. The molecule has 2 N–H and O–H groups in total. The summed E-state index contributed by atoms with van der Waals surface area (Å²) >= 11 is 3.58. The van der Waals surface area contributed by atoms with Crippen molar-refractivity contribution in [1.82, 2.24) is 14.4 Å². The number of ether oxygens (including phenoxy) is 1. The Hall–Kier alpha value is -1.18. The van der Waals surface area contributed by atoms with Gasteiger partial charge in [-0.05, 0) is 42.6 Å². The van der Waals surface area contributed by atoms with Gasteiger partial charge in [-0.1, -0.05) is 0 Å². The molecule has 2 fully saturated rings. The largest absolute Gasteiger partial charge is 0.376 e. The summed E-state index contributed by atoms with van der Waals surface area (Å²) in [5.74, 6) is 0.966. The second-order valence-electron chi connectivity index (χ2n) is 6.82. The minimum Gasteiger partial charge on any atom is -0.376 e. The fourth-order valence-electron chi connectivity index (χ4n) is 3.89. The molecule has 0 aromatic carbocycles. The van der Waals surface area contributed by atoms with Crippen molar-refractivity contribution in [3.05, 3.63) is 22.6 Å². The van der Waals surface area contributed by atoms with E-state index in [-0.39, 0.29) is 17.6 Å². The molecule has 23 heavy (non-hydrogen) atoms. The molecular formula is C16H22BrN5O. The molecule has 2 atom stereocenters. The van der Waals surface area contributed by atoms with E-state index in [2.05, 4.69) is 37.1 Å². The van der Waals surface area contributed by atoms with Crippen molar-refractivity contribution in [3.8, 4) is 0 Å². The average molecular weight is 380 g/mol. The maximum absolute atomic E-state index is 6.41. The van der Waals surface area contributed by atoms with Crippen molar-refractivity contribution in [1.29, 1.82) is 0 Å². The predicted molar refractivity (Wildman–Crippen MR) is 92.7 cm³/mol. The molecular weight excluding hydrogens is 358 g/mol. The van der Waals surface area contributed by atoms with Crippen molar-refractivity contribution in [2.45, 2.75) is 38.8 Å². The molecule has 6 nitrogen and oxygen atoms in total. The van der Waals surface area contributed by atoms with Crippen LogP contribution >= 0.6 is 15.9 Å². The summed E-state index contributed by atoms with van der Waals surface area (Å²) in [7, 11) is 0. The Labute approximate surface area is 144 Å². The summed E-state index contributed by atoms with van der Waals surface area (Å²) in [6, 6.07) is 0.137. The monoisotopic (exact) mass is 379 g/mol. The number of aryl methyl sites for hydroxylation is 1. The molecule has 0 saturated carbocycles. The van der Waals surface area contributed by atoms with E-state index in [4.69, 9.17) is 15.5 Å². The van der Waals surface area contributed by atoms with Crippen LogP contribution in [0.15, 0.2) is 16.9 Å². The maximum atomic E-state index is 6.41. The zero-order chi connectivity index (χ0) is 16.2. The molecule has 0 amide bonds. The third-order valence-electron chi connectivity index (χ3n) is 5.53. The molecule has 2 aromatic heterocycles. The highest BCUT2D eigenvalue weighted by Gasteiger charge is 2.47. The van der Waals surface area contributed by atoms with Crippen molar-refractivity contribution in [3.63, 3.8) is 0 Å². The lowest BCUT2D eigenvalue weighted by atomic mass is 9.73. The van der Waals surface area contributed by atoms with Gasteiger partial charge in [0.15, 0.2) is 5.65 Å². The Morgan fingerprint density at radius 2 is 2.13 bits per heavy atom. The first-order valence-electron chi connectivity index (χ1n) is 8.13. The van der Waals surface area contributed by atoms with Crippen LogP contribution in [0.2, 0.25) is 0 Å². The van der Waals surface area contributed by atoms with E-state index >= 15 is 0 Å². The van der Waals surface area contributed by atoms with Crippen LogP contribution in [0.4, 0.5) is 5.95 Å². The van der Waals surface area contributed by atoms with Crippen LogP contribution in [-0.2, 0) is 4.74 Å². The summed E-state index contributed by atoms with van der Waals surface area (Å²) in [6.45, 7) is 6.78. The quantitative estimate of drug-likeness (QED) is 0.821. The number of fused-ring (bicyclic) bond motifs is 1. The van der Waals surface area contributed by atoms with Gasteiger partial charge in [-0.3, -0.25) is 4.40 Å². The molecule has 4 heterocycles. The van der Waals surface area contributed by atoms with Gasteiger partial charge in [-0.2, -0.15) is 0 Å². The molecule has 2 saturated heterocycles. The molecule has 1 unspecified atom stereocenters. The normalized spacial score (nSPS) is 27.2. The van der Waals surface area contributed by atoms with Gasteiger partial charge in [-0.15, -0.1) is 0 Å². The summed E-state index contributed by atoms with van der Waals surface area (Å²) in [5.41, 5.74) is 8.43. The Morgan fingerprint density at radius 1 is 1.39 bits per heavy atom. The summed E-state index contributed by atoms with van der Waals surface area (Å²) in [4.78, 5) is 11.6. The molecule has 1 spiro atoms. The molecule has 2 aromatic rings. The Bertz CT molecular complexity index is 737. The van der Waals surface area contributed by atoms with Crippen LogP contribution in [-0.4, -0.2) is 46.2 Å². The third kappa shape index (κ3) is 2.28. The van der Waals surface area contributed by atoms with Gasteiger partial charge in [-0.25, -0.2) is 9.97 Å². The van der Waals surface area contributed by atoms with Crippen LogP contribution in [0.1, 0.15) is 25.5 Å². The number of hydrogen-bond donors (Lipinski definition) is 1. The number of piperidine rings is 1. The number of anilines is 1. The first kappa shape index (κ1) is 15.4. The number of rotatable bonds is 1. The molecule has 0 radical (unpaired) electrons. The van der Waals surface area contributed by atoms with Gasteiger partial charge >= 0.3 is 0 Å². The van der Waals surface area contributed by atoms with Crippen LogP contribution < -0.4 is 10.6 Å². The fourth-order valence-corrected chi connectivity index (χ4v) is 4.27. The second kappa shape index (κ2) is 5.43. The Morgan fingerprint density at radius 3 is 2.78 bits per heavy atom. The molecule has 0 aliphatic carbocycles. The number of nitrogens with zero attached hydrogens (tertiary/aromatic N) is 4. The van der Waals surface area contributed by atoms with Gasteiger partial charge in [0, 0.05) is 36.9 Å². The van der Waals surface area contributed by atoms with Crippen LogP contribution in [0.25, 0.3) is 5.65 Å². The zero-order valence-corrected chi connectivity index (χ0v) is 15.1. The molecule has 7 heteroatoms. The second-order valence-corrected chi connectivity index (χ2v) is 7.62. The van der Waals surface area contributed by atoms with Crippen molar-refractivity contribution in [2.24, 2.45) is 11.1 Å². The molecule has 124 valence electrons. The fraction of sp³-hybridized carbons (Fsp3) is 0.625. The lowest BCUT2D eigenvalue weighted by Gasteiger charge is -2.41. The summed E-state index contributed by atoms with van der Waals surface area (Å²) < 4.78 is 8.83. The number of halogens is 1. The van der Waals surface area contributed by atoms with E-state index in [1.54, 1.807) is 0 Å². The van der Waals surface area contributed by atoms with E-state index in [9.17, 15) is 0 Å². The zero-order valence-electron chi connectivity index (χ0n) is 13.5. The lowest BCUT2D eigenvalue weighted by Crippen LogP contribution is -2.51. The van der Waals surface area contributed by atoms with Gasteiger partial charge < -0.3 is 15.4 Å². The van der Waals surface area contributed by atoms with Gasteiger partial charge in [0.2, 0.25) is 5.95 Å².